The first-order chi connectivity index (χ1) is 15.3. The molecule has 0 radical (unpaired) electrons. The number of hydrogen-bond donors (Lipinski definition) is 0. The van der Waals surface area contributed by atoms with Crippen LogP contribution in [0.4, 0.5) is 0 Å². The van der Waals surface area contributed by atoms with Gasteiger partial charge in [-0.2, -0.15) is 0 Å². The molecular formula is C30H21Br. The molecule has 148 valence electrons. The van der Waals surface area contributed by atoms with Gasteiger partial charge in [0.05, 0.1) is 0 Å². The summed E-state index contributed by atoms with van der Waals surface area (Å²) in [5, 5.41) is 5.05. The Hall–Kier alpha value is -3.42. The van der Waals surface area contributed by atoms with E-state index in [0.29, 0.717) is 0 Å². The lowest BCUT2D eigenvalue weighted by Crippen LogP contribution is -1.82. The van der Waals surface area contributed by atoms with Gasteiger partial charge >= 0.3 is 0 Å². The average molecular weight is 461 g/mol. The third-order valence-corrected chi connectivity index (χ3v) is 6.43. The molecule has 0 nitrogen and oxygen atoms in total. The van der Waals surface area contributed by atoms with Crippen molar-refractivity contribution in [3.8, 4) is 0 Å². The first-order valence-corrected chi connectivity index (χ1v) is 11.2. The highest BCUT2D eigenvalue weighted by molar-refractivity contribution is 9.10. The lowest BCUT2D eigenvalue weighted by atomic mass is 10.0. The second-order valence-corrected chi connectivity index (χ2v) is 8.42. The Morgan fingerprint density at radius 3 is 1.35 bits per heavy atom. The van der Waals surface area contributed by atoms with Crippen LogP contribution in [0, 0.1) is 0 Å². The number of benzene rings is 5. The zero-order valence-corrected chi connectivity index (χ0v) is 18.6. The lowest BCUT2D eigenvalue weighted by molar-refractivity contribution is 1.56. The summed E-state index contributed by atoms with van der Waals surface area (Å²) in [6.45, 7) is 0. The molecule has 0 atom stereocenters. The van der Waals surface area contributed by atoms with Crippen LogP contribution in [-0.4, -0.2) is 0 Å². The van der Waals surface area contributed by atoms with E-state index in [1.54, 1.807) is 0 Å². The normalized spacial score (nSPS) is 11.8. The van der Waals surface area contributed by atoms with E-state index >= 15 is 0 Å². The van der Waals surface area contributed by atoms with Gasteiger partial charge in [0.1, 0.15) is 0 Å². The van der Waals surface area contributed by atoms with Crippen LogP contribution in [0.25, 0.3) is 45.8 Å². The summed E-state index contributed by atoms with van der Waals surface area (Å²) in [6.07, 6.45) is 8.68. The van der Waals surface area contributed by atoms with Crippen molar-refractivity contribution in [1.82, 2.24) is 0 Å². The molecule has 0 fully saturated rings. The molecule has 31 heavy (non-hydrogen) atoms. The fourth-order valence-electron chi connectivity index (χ4n) is 3.82. The van der Waals surface area contributed by atoms with E-state index in [1.807, 2.05) is 0 Å². The highest BCUT2D eigenvalue weighted by atomic mass is 79.9. The summed E-state index contributed by atoms with van der Waals surface area (Å²) in [7, 11) is 0. The Morgan fingerprint density at radius 1 is 0.419 bits per heavy atom. The molecule has 0 spiro atoms. The van der Waals surface area contributed by atoms with Crippen LogP contribution >= 0.6 is 15.9 Å². The molecule has 0 aliphatic carbocycles. The third kappa shape index (κ3) is 4.38. The maximum Gasteiger partial charge on any atom is 0.0320 e. The molecule has 5 aromatic rings. The van der Waals surface area contributed by atoms with Gasteiger partial charge in [-0.05, 0) is 71.9 Å². The van der Waals surface area contributed by atoms with Gasteiger partial charge in [0.25, 0.3) is 0 Å². The lowest BCUT2D eigenvalue weighted by Gasteiger charge is -2.04. The minimum Gasteiger partial charge on any atom is -0.0616 e. The van der Waals surface area contributed by atoms with E-state index in [-0.39, 0.29) is 0 Å². The van der Waals surface area contributed by atoms with Crippen molar-refractivity contribution < 1.29 is 0 Å². The molecule has 0 saturated heterocycles. The van der Waals surface area contributed by atoms with Crippen molar-refractivity contribution in [3.05, 3.63) is 130 Å². The van der Waals surface area contributed by atoms with Gasteiger partial charge in [0.15, 0.2) is 0 Å². The van der Waals surface area contributed by atoms with Gasteiger partial charge in [-0.15, -0.1) is 0 Å². The van der Waals surface area contributed by atoms with Crippen molar-refractivity contribution >= 4 is 61.8 Å². The topological polar surface area (TPSA) is 0 Å². The summed E-state index contributed by atoms with van der Waals surface area (Å²) in [5.41, 5.74) is 4.72. The molecule has 0 N–H and O–H groups in total. The number of fused-ring (bicyclic) bond motifs is 2. The maximum atomic E-state index is 3.81. The van der Waals surface area contributed by atoms with E-state index in [2.05, 4.69) is 143 Å². The predicted molar refractivity (Wildman–Crippen MR) is 140 cm³/mol. The zero-order chi connectivity index (χ0) is 21.0. The predicted octanol–water partition coefficient (Wildman–Crippen LogP) is 9.10. The Bertz CT molecular complexity index is 1330. The Labute approximate surface area is 191 Å². The molecule has 0 saturated carbocycles. The van der Waals surface area contributed by atoms with Crippen molar-refractivity contribution in [2.45, 2.75) is 0 Å². The molecule has 0 unspecified atom stereocenters. The minimum atomic E-state index is 1.10. The number of rotatable bonds is 4. The summed E-state index contributed by atoms with van der Waals surface area (Å²) in [5.74, 6) is 0. The molecule has 5 aromatic carbocycles. The Morgan fingerprint density at radius 2 is 0.871 bits per heavy atom. The molecular weight excluding hydrogens is 440 g/mol. The van der Waals surface area contributed by atoms with Gasteiger partial charge in [-0.25, -0.2) is 0 Å². The Kier molecular flexibility index (Phi) is 5.52. The zero-order valence-electron chi connectivity index (χ0n) is 17.0. The van der Waals surface area contributed by atoms with Crippen LogP contribution in [-0.2, 0) is 0 Å². The summed E-state index contributed by atoms with van der Waals surface area (Å²) in [6, 6.07) is 36.4. The van der Waals surface area contributed by atoms with Crippen molar-refractivity contribution in [1.29, 1.82) is 0 Å². The largest absolute Gasteiger partial charge is 0.0616 e. The quantitative estimate of drug-likeness (QED) is 0.234. The fraction of sp³-hybridized carbons (Fsp3) is 0. The van der Waals surface area contributed by atoms with Gasteiger partial charge in [0, 0.05) is 4.47 Å². The van der Waals surface area contributed by atoms with Gasteiger partial charge in [-0.3, -0.25) is 0 Å². The molecule has 0 amide bonds. The van der Waals surface area contributed by atoms with Crippen LogP contribution in [0.2, 0.25) is 0 Å². The summed E-state index contributed by atoms with van der Waals surface area (Å²) < 4.78 is 1.10. The van der Waals surface area contributed by atoms with Crippen LogP contribution in [0.15, 0.2) is 108 Å². The van der Waals surface area contributed by atoms with E-state index in [0.717, 1.165) is 15.6 Å². The monoisotopic (exact) mass is 460 g/mol. The van der Waals surface area contributed by atoms with Crippen LogP contribution in [0.1, 0.15) is 22.3 Å². The first-order valence-electron chi connectivity index (χ1n) is 10.4. The van der Waals surface area contributed by atoms with Gasteiger partial charge < -0.3 is 0 Å². The van der Waals surface area contributed by atoms with Crippen LogP contribution in [0.3, 0.4) is 0 Å². The highest BCUT2D eigenvalue weighted by Crippen LogP contribution is 2.27. The minimum absolute atomic E-state index is 1.10. The smallest absolute Gasteiger partial charge is 0.0320 e. The van der Waals surface area contributed by atoms with E-state index < -0.39 is 0 Å². The third-order valence-electron chi connectivity index (χ3n) is 5.52. The van der Waals surface area contributed by atoms with Crippen LogP contribution in [0.5, 0.6) is 0 Å². The van der Waals surface area contributed by atoms with E-state index in [9.17, 15) is 0 Å². The number of halogens is 1. The van der Waals surface area contributed by atoms with Crippen molar-refractivity contribution in [2.24, 2.45) is 0 Å². The van der Waals surface area contributed by atoms with E-state index in [4.69, 9.17) is 0 Å². The van der Waals surface area contributed by atoms with Gasteiger partial charge in [-0.1, -0.05) is 115 Å². The van der Waals surface area contributed by atoms with Crippen molar-refractivity contribution in [2.75, 3.05) is 0 Å². The van der Waals surface area contributed by atoms with Crippen LogP contribution < -0.4 is 0 Å². The molecule has 0 heterocycles. The standard InChI is InChI=1S/C30H21Br/c31-30-26(18-14-22-12-16-24-6-1-3-8-28(24)20-22)10-5-11-27(30)19-15-23-13-17-25-7-2-4-9-29(25)21-23/h1-21H/b18-14+,19-15+. The molecule has 0 aromatic heterocycles. The average Bonchev–Trinajstić information content (AvgIpc) is 2.82. The van der Waals surface area contributed by atoms with Crippen molar-refractivity contribution in [3.63, 3.8) is 0 Å². The molecule has 0 aliphatic heterocycles. The Balaban J connectivity index is 1.41. The fourth-order valence-corrected chi connectivity index (χ4v) is 4.35. The molecule has 0 bridgehead atoms. The molecule has 1 heteroatoms. The summed E-state index contributed by atoms with van der Waals surface area (Å²) in [4.78, 5) is 0. The second-order valence-electron chi connectivity index (χ2n) is 7.63. The molecule has 0 aliphatic rings. The maximum absolute atomic E-state index is 3.81. The SMILES string of the molecule is Brc1c(/C=C/c2ccc3ccccc3c2)cccc1/C=C/c1ccc2ccccc2c1. The first kappa shape index (κ1) is 19.5. The second kappa shape index (κ2) is 8.75. The van der Waals surface area contributed by atoms with Gasteiger partial charge in [0.2, 0.25) is 0 Å². The highest BCUT2D eigenvalue weighted by Gasteiger charge is 2.02. The number of hydrogen-bond acceptors (Lipinski definition) is 0. The molecule has 5 rings (SSSR count). The summed E-state index contributed by atoms with van der Waals surface area (Å²) >= 11 is 3.81. The van der Waals surface area contributed by atoms with E-state index in [1.165, 1.54) is 32.7 Å².